The zero-order valence-electron chi connectivity index (χ0n) is 10.7. The minimum atomic E-state index is -1.18. The van der Waals surface area contributed by atoms with Crippen LogP contribution in [0.25, 0.3) is 0 Å². The predicted molar refractivity (Wildman–Crippen MR) is 61.6 cm³/mol. The maximum Gasteiger partial charge on any atom is 0.516 e. The summed E-state index contributed by atoms with van der Waals surface area (Å²) in [5.41, 5.74) is -0.710. The molecule has 0 amide bonds. The van der Waals surface area contributed by atoms with Crippen LogP contribution in [0.2, 0.25) is 0 Å². The molecule has 1 aromatic rings. The molecule has 0 bridgehead atoms. The van der Waals surface area contributed by atoms with E-state index in [-0.39, 0.29) is 11.6 Å². The van der Waals surface area contributed by atoms with Crippen molar-refractivity contribution in [3.8, 4) is 17.5 Å². The van der Waals surface area contributed by atoms with Gasteiger partial charge in [0.2, 0.25) is 12.7 Å². The Morgan fingerprint density at radius 1 is 1.26 bits per heavy atom. The molecule has 1 heterocycles. The number of hydrogen-bond acceptors (Lipinski definition) is 7. The van der Waals surface area contributed by atoms with E-state index in [0.717, 1.165) is 6.07 Å². The molecule has 0 unspecified atom stereocenters. The largest absolute Gasteiger partial charge is 0.516 e. The Hall–Kier alpha value is -2.38. The van der Waals surface area contributed by atoms with Gasteiger partial charge in [-0.05, 0) is 20.8 Å². The Labute approximate surface area is 108 Å². The lowest BCUT2D eigenvalue weighted by molar-refractivity contribution is -0.162. The summed E-state index contributed by atoms with van der Waals surface area (Å²) in [4.78, 5) is 24.6. The highest BCUT2D eigenvalue weighted by Crippen LogP contribution is 2.29. The van der Waals surface area contributed by atoms with Gasteiger partial charge in [0, 0.05) is 6.07 Å². The van der Waals surface area contributed by atoms with Crippen molar-refractivity contribution < 1.29 is 34.0 Å². The van der Waals surface area contributed by atoms with Crippen LogP contribution in [-0.4, -0.2) is 34.1 Å². The topological polar surface area (TPSA) is 118 Å². The van der Waals surface area contributed by atoms with E-state index in [4.69, 9.17) is 10.2 Å². The monoisotopic (exact) mass is 273 g/mol. The number of hydrogen-bond donors (Lipinski definition) is 3. The zero-order valence-corrected chi connectivity index (χ0v) is 10.7. The molecule has 0 radical (unpaired) electrons. The van der Waals surface area contributed by atoms with Crippen LogP contribution in [0, 0.1) is 5.41 Å². The molecule has 19 heavy (non-hydrogen) atoms. The number of rotatable bonds is 3. The molecule has 0 aliphatic heterocycles. The van der Waals surface area contributed by atoms with Gasteiger partial charge in [-0.1, -0.05) is 0 Å². The van der Waals surface area contributed by atoms with Crippen LogP contribution in [0.5, 0.6) is 17.5 Å². The van der Waals surface area contributed by atoms with E-state index in [2.05, 4.69) is 19.2 Å². The summed E-state index contributed by atoms with van der Waals surface area (Å²) in [5, 5.41) is 18.1. The van der Waals surface area contributed by atoms with Crippen LogP contribution in [-0.2, 0) is 14.3 Å². The summed E-state index contributed by atoms with van der Waals surface area (Å²) in [6, 6.07) is 0.984. The van der Waals surface area contributed by atoms with Crippen molar-refractivity contribution >= 4 is 12.1 Å². The van der Waals surface area contributed by atoms with Crippen LogP contribution < -0.4 is 4.74 Å². The lowest BCUT2D eigenvalue weighted by Crippen LogP contribution is -2.25. The van der Waals surface area contributed by atoms with Crippen molar-refractivity contribution in [2.24, 2.45) is 5.41 Å². The second-order valence-electron chi connectivity index (χ2n) is 4.66. The van der Waals surface area contributed by atoms with Crippen LogP contribution >= 0.6 is 0 Å². The van der Waals surface area contributed by atoms with Gasteiger partial charge < -0.3 is 24.4 Å². The highest BCUT2D eigenvalue weighted by Gasteiger charge is 2.23. The van der Waals surface area contributed by atoms with Crippen molar-refractivity contribution in [2.75, 3.05) is 6.79 Å². The van der Waals surface area contributed by atoms with Crippen molar-refractivity contribution in [3.63, 3.8) is 0 Å². The Kier molecular flexibility index (Phi) is 4.26. The first kappa shape index (κ1) is 14.7. The Bertz CT molecular complexity index is 472. The van der Waals surface area contributed by atoms with E-state index >= 15 is 0 Å². The molecule has 0 aliphatic carbocycles. The van der Waals surface area contributed by atoms with Gasteiger partial charge in [-0.2, -0.15) is 0 Å². The molecule has 0 atom stereocenters. The number of carbonyl (C=O) groups excluding carboxylic acids is 2. The molecule has 0 saturated heterocycles. The third kappa shape index (κ3) is 4.41. The number of esters is 1. The Morgan fingerprint density at radius 2 is 1.89 bits per heavy atom. The maximum atomic E-state index is 11.3. The van der Waals surface area contributed by atoms with Crippen molar-refractivity contribution in [2.45, 2.75) is 20.8 Å². The van der Waals surface area contributed by atoms with Crippen LogP contribution in [0.4, 0.5) is 4.79 Å². The minimum Gasteiger partial charge on any atom is -0.494 e. The molecule has 0 fully saturated rings. The van der Waals surface area contributed by atoms with Gasteiger partial charge >= 0.3 is 12.1 Å². The summed E-state index contributed by atoms with van der Waals surface area (Å²) in [6.45, 7) is 4.34. The average Bonchev–Trinajstić information content (AvgIpc) is 2.55. The molecule has 0 aliphatic rings. The Balaban J connectivity index is 2.37. The molecular formula is C11H15NO7. The van der Waals surface area contributed by atoms with E-state index in [1.807, 2.05) is 0 Å². The fourth-order valence-corrected chi connectivity index (χ4v) is 0.956. The molecule has 1 rings (SSSR count). The first-order chi connectivity index (χ1) is 8.70. The standard InChI is InChI=1S/C11H15NO7/c1-11(2,3)9(15)17-5-18-10(16)19-6-4-7(13)12-8(6)14/h4,12-14H,5H2,1-3H3. The average molecular weight is 273 g/mol. The number of aromatic hydroxyl groups is 2. The highest BCUT2D eigenvalue weighted by molar-refractivity contribution is 5.75. The molecule has 1 aromatic heterocycles. The normalized spacial score (nSPS) is 10.9. The lowest BCUT2D eigenvalue weighted by atomic mass is 9.98. The smallest absolute Gasteiger partial charge is 0.494 e. The zero-order chi connectivity index (χ0) is 14.6. The number of aromatic amines is 1. The molecule has 106 valence electrons. The fraction of sp³-hybridized carbons (Fsp3) is 0.455. The number of carbonyl (C=O) groups is 2. The fourth-order valence-electron chi connectivity index (χ4n) is 0.956. The third-order valence-electron chi connectivity index (χ3n) is 1.92. The van der Waals surface area contributed by atoms with Crippen LogP contribution in [0.3, 0.4) is 0 Å². The summed E-state index contributed by atoms with van der Waals surface area (Å²) in [5.74, 6) is -1.74. The van der Waals surface area contributed by atoms with Gasteiger partial charge in [0.05, 0.1) is 5.41 Å². The first-order valence-electron chi connectivity index (χ1n) is 5.33. The SMILES string of the molecule is CC(C)(C)C(=O)OCOC(=O)Oc1cc(O)[nH]c1O. The minimum absolute atomic E-state index is 0.301. The molecule has 0 saturated carbocycles. The van der Waals surface area contributed by atoms with E-state index in [1.165, 1.54) is 0 Å². The summed E-state index contributed by atoms with van der Waals surface area (Å²) in [7, 11) is 0. The van der Waals surface area contributed by atoms with Crippen LogP contribution in [0.15, 0.2) is 6.07 Å². The van der Waals surface area contributed by atoms with Crippen molar-refractivity contribution in [1.82, 2.24) is 4.98 Å². The number of aromatic nitrogens is 1. The second-order valence-corrected chi connectivity index (χ2v) is 4.66. The van der Waals surface area contributed by atoms with E-state index in [1.54, 1.807) is 20.8 Å². The highest BCUT2D eigenvalue weighted by atomic mass is 16.8. The predicted octanol–water partition coefficient (Wildman–Crippen LogP) is 1.49. The maximum absolute atomic E-state index is 11.3. The molecule has 3 N–H and O–H groups in total. The number of nitrogens with one attached hydrogen (secondary N) is 1. The molecule has 8 heteroatoms. The van der Waals surface area contributed by atoms with Gasteiger partial charge in [-0.15, -0.1) is 0 Å². The summed E-state index contributed by atoms with van der Waals surface area (Å²) < 4.78 is 13.7. The quantitative estimate of drug-likeness (QED) is 0.564. The van der Waals surface area contributed by atoms with Gasteiger partial charge in [-0.3, -0.25) is 9.78 Å². The third-order valence-corrected chi connectivity index (χ3v) is 1.92. The van der Waals surface area contributed by atoms with Gasteiger partial charge in [0.1, 0.15) is 0 Å². The van der Waals surface area contributed by atoms with Gasteiger partial charge in [0.25, 0.3) is 0 Å². The Morgan fingerprint density at radius 3 is 2.37 bits per heavy atom. The van der Waals surface area contributed by atoms with Crippen molar-refractivity contribution in [1.29, 1.82) is 0 Å². The van der Waals surface area contributed by atoms with Crippen molar-refractivity contribution in [3.05, 3.63) is 6.07 Å². The molecular weight excluding hydrogens is 258 g/mol. The van der Waals surface area contributed by atoms with Gasteiger partial charge in [0.15, 0.2) is 11.6 Å². The van der Waals surface area contributed by atoms with Crippen LogP contribution in [0.1, 0.15) is 20.8 Å². The number of H-pyrrole nitrogens is 1. The first-order valence-corrected chi connectivity index (χ1v) is 5.33. The number of ether oxygens (including phenoxy) is 3. The molecule has 0 spiro atoms. The summed E-state index contributed by atoms with van der Waals surface area (Å²) >= 11 is 0. The second kappa shape index (κ2) is 5.51. The molecule has 8 nitrogen and oxygen atoms in total. The van der Waals surface area contributed by atoms with E-state index < -0.39 is 30.2 Å². The molecule has 0 aromatic carbocycles. The van der Waals surface area contributed by atoms with Gasteiger partial charge in [-0.25, -0.2) is 4.79 Å². The summed E-state index contributed by atoms with van der Waals surface area (Å²) in [6.07, 6.45) is -1.18. The van der Waals surface area contributed by atoms with E-state index in [0.29, 0.717) is 0 Å². The lowest BCUT2D eigenvalue weighted by Gasteiger charge is -2.15. The van der Waals surface area contributed by atoms with E-state index in [9.17, 15) is 9.59 Å².